The van der Waals surface area contributed by atoms with Crippen molar-refractivity contribution in [2.75, 3.05) is 17.2 Å². The smallest absolute Gasteiger partial charge is 0.243 e. The Bertz CT molecular complexity index is 648. The Morgan fingerprint density at radius 3 is 2.29 bits per heavy atom. The molecule has 0 spiro atoms. The molecule has 4 heteroatoms. The molecule has 0 aliphatic heterocycles. The summed E-state index contributed by atoms with van der Waals surface area (Å²) in [5, 5.41) is 6.60. The molecule has 0 aliphatic carbocycles. The van der Waals surface area contributed by atoms with Gasteiger partial charge in [0.15, 0.2) is 0 Å². The van der Waals surface area contributed by atoms with Gasteiger partial charge in [-0.25, -0.2) is 0 Å². The van der Waals surface area contributed by atoms with Crippen LogP contribution in [0.15, 0.2) is 36.4 Å². The van der Waals surface area contributed by atoms with Gasteiger partial charge in [-0.05, 0) is 61.7 Å². The van der Waals surface area contributed by atoms with Crippen LogP contribution in [-0.4, -0.2) is 12.5 Å². The number of aryl methyl sites for hydroxylation is 3. The fraction of sp³-hybridized carbons (Fsp3) is 0.235. The van der Waals surface area contributed by atoms with E-state index in [9.17, 15) is 4.79 Å². The van der Waals surface area contributed by atoms with E-state index >= 15 is 0 Å². The van der Waals surface area contributed by atoms with E-state index in [1.54, 1.807) is 6.07 Å². The van der Waals surface area contributed by atoms with Crippen LogP contribution in [0.1, 0.15) is 16.7 Å². The second-order valence-corrected chi connectivity index (χ2v) is 5.65. The van der Waals surface area contributed by atoms with Crippen molar-refractivity contribution < 1.29 is 4.79 Å². The summed E-state index contributed by atoms with van der Waals surface area (Å²) in [6, 6.07) is 11.6. The number of carbonyl (C=O) groups excluding carboxylic acids is 1. The van der Waals surface area contributed by atoms with E-state index in [1.165, 1.54) is 11.1 Å². The third kappa shape index (κ3) is 4.50. The van der Waals surface area contributed by atoms with Crippen molar-refractivity contribution in [2.45, 2.75) is 20.8 Å². The highest BCUT2D eigenvalue weighted by Gasteiger charge is 2.04. The summed E-state index contributed by atoms with van der Waals surface area (Å²) >= 11 is 6.04. The van der Waals surface area contributed by atoms with Gasteiger partial charge in [0.2, 0.25) is 5.91 Å². The average molecular weight is 303 g/mol. The van der Waals surface area contributed by atoms with Crippen molar-refractivity contribution in [1.82, 2.24) is 0 Å². The van der Waals surface area contributed by atoms with E-state index in [0.717, 1.165) is 11.3 Å². The van der Waals surface area contributed by atoms with Crippen LogP contribution in [-0.2, 0) is 4.79 Å². The van der Waals surface area contributed by atoms with Gasteiger partial charge in [-0.3, -0.25) is 4.79 Å². The average Bonchev–Trinajstić information content (AvgIpc) is 2.40. The van der Waals surface area contributed by atoms with Crippen LogP contribution in [0.2, 0.25) is 5.02 Å². The molecule has 0 unspecified atom stereocenters. The molecule has 0 saturated heterocycles. The van der Waals surface area contributed by atoms with Crippen molar-refractivity contribution in [3.63, 3.8) is 0 Å². The first-order valence-electron chi connectivity index (χ1n) is 6.82. The second kappa shape index (κ2) is 6.64. The molecule has 2 N–H and O–H groups in total. The molecule has 0 atom stereocenters. The molecule has 0 bridgehead atoms. The molecule has 0 radical (unpaired) electrons. The Balaban J connectivity index is 1.94. The first-order valence-corrected chi connectivity index (χ1v) is 7.20. The minimum absolute atomic E-state index is 0.103. The molecule has 0 saturated carbocycles. The number of benzene rings is 2. The predicted molar refractivity (Wildman–Crippen MR) is 89.2 cm³/mol. The van der Waals surface area contributed by atoms with Gasteiger partial charge in [0, 0.05) is 16.4 Å². The van der Waals surface area contributed by atoms with Crippen molar-refractivity contribution in [3.05, 3.63) is 58.1 Å². The number of amides is 1. The maximum atomic E-state index is 11.9. The van der Waals surface area contributed by atoms with Crippen LogP contribution in [0.4, 0.5) is 11.4 Å². The molecule has 21 heavy (non-hydrogen) atoms. The Hall–Kier alpha value is -2.00. The van der Waals surface area contributed by atoms with E-state index in [1.807, 2.05) is 45.0 Å². The zero-order valence-electron chi connectivity index (χ0n) is 12.5. The highest BCUT2D eigenvalue weighted by molar-refractivity contribution is 6.31. The summed E-state index contributed by atoms with van der Waals surface area (Å²) in [6.45, 7) is 6.21. The Morgan fingerprint density at radius 2 is 1.67 bits per heavy atom. The quantitative estimate of drug-likeness (QED) is 0.883. The lowest BCUT2D eigenvalue weighted by atomic mass is 10.1. The lowest BCUT2D eigenvalue weighted by Crippen LogP contribution is -2.21. The predicted octanol–water partition coefficient (Wildman–Crippen LogP) is 4.32. The van der Waals surface area contributed by atoms with Crippen LogP contribution in [0.3, 0.4) is 0 Å². The molecular weight excluding hydrogens is 284 g/mol. The lowest BCUT2D eigenvalue weighted by Gasteiger charge is -2.10. The van der Waals surface area contributed by atoms with Gasteiger partial charge in [0.1, 0.15) is 0 Å². The first kappa shape index (κ1) is 15.4. The van der Waals surface area contributed by atoms with E-state index in [2.05, 4.69) is 16.7 Å². The van der Waals surface area contributed by atoms with Gasteiger partial charge >= 0.3 is 0 Å². The highest BCUT2D eigenvalue weighted by atomic mass is 35.5. The molecule has 0 fully saturated rings. The summed E-state index contributed by atoms with van der Waals surface area (Å²) in [4.78, 5) is 11.9. The van der Waals surface area contributed by atoms with Gasteiger partial charge in [0.25, 0.3) is 0 Å². The lowest BCUT2D eigenvalue weighted by molar-refractivity contribution is -0.114. The molecule has 0 heterocycles. The summed E-state index contributed by atoms with van der Waals surface area (Å²) in [7, 11) is 0. The van der Waals surface area contributed by atoms with E-state index in [-0.39, 0.29) is 12.5 Å². The molecule has 110 valence electrons. The fourth-order valence-electron chi connectivity index (χ4n) is 2.13. The number of hydrogen-bond donors (Lipinski definition) is 2. The molecule has 2 aromatic carbocycles. The summed E-state index contributed by atoms with van der Waals surface area (Å²) < 4.78 is 0. The van der Waals surface area contributed by atoms with Gasteiger partial charge in [0.05, 0.1) is 6.54 Å². The molecule has 0 aliphatic rings. The topological polar surface area (TPSA) is 41.1 Å². The third-order valence-electron chi connectivity index (χ3n) is 3.13. The molecule has 2 aromatic rings. The SMILES string of the molecule is Cc1cc(C)cc(NCC(=O)Nc2ccc(C)c(Cl)c2)c1. The Morgan fingerprint density at radius 1 is 1.00 bits per heavy atom. The van der Waals surface area contributed by atoms with Crippen LogP contribution in [0, 0.1) is 20.8 Å². The first-order chi connectivity index (χ1) is 9.94. The maximum absolute atomic E-state index is 11.9. The standard InChI is InChI=1S/C17H19ClN2O/c1-11-6-12(2)8-15(7-11)19-10-17(21)20-14-5-4-13(3)16(18)9-14/h4-9,19H,10H2,1-3H3,(H,20,21). The highest BCUT2D eigenvalue weighted by Crippen LogP contribution is 2.20. The summed E-state index contributed by atoms with van der Waals surface area (Å²) in [5.41, 5.74) is 4.98. The normalized spacial score (nSPS) is 10.3. The van der Waals surface area contributed by atoms with Gasteiger partial charge in [-0.2, -0.15) is 0 Å². The number of rotatable bonds is 4. The van der Waals surface area contributed by atoms with Crippen molar-refractivity contribution in [3.8, 4) is 0 Å². The maximum Gasteiger partial charge on any atom is 0.243 e. The van der Waals surface area contributed by atoms with E-state index in [4.69, 9.17) is 11.6 Å². The van der Waals surface area contributed by atoms with E-state index < -0.39 is 0 Å². The fourth-order valence-corrected chi connectivity index (χ4v) is 2.32. The largest absolute Gasteiger partial charge is 0.376 e. The van der Waals surface area contributed by atoms with Crippen molar-refractivity contribution in [2.24, 2.45) is 0 Å². The van der Waals surface area contributed by atoms with Crippen LogP contribution < -0.4 is 10.6 Å². The number of halogens is 1. The molecular formula is C17H19ClN2O. The van der Waals surface area contributed by atoms with Gasteiger partial charge in [-0.1, -0.05) is 23.7 Å². The number of hydrogen-bond acceptors (Lipinski definition) is 2. The number of anilines is 2. The van der Waals surface area contributed by atoms with Crippen LogP contribution in [0.25, 0.3) is 0 Å². The van der Waals surface area contributed by atoms with Crippen molar-refractivity contribution in [1.29, 1.82) is 0 Å². The van der Waals surface area contributed by atoms with Gasteiger partial charge in [-0.15, -0.1) is 0 Å². The molecule has 3 nitrogen and oxygen atoms in total. The van der Waals surface area contributed by atoms with E-state index in [0.29, 0.717) is 10.7 Å². The zero-order valence-corrected chi connectivity index (χ0v) is 13.2. The summed E-state index contributed by atoms with van der Waals surface area (Å²) in [5.74, 6) is -0.103. The summed E-state index contributed by atoms with van der Waals surface area (Å²) in [6.07, 6.45) is 0. The van der Waals surface area contributed by atoms with Crippen molar-refractivity contribution >= 4 is 28.9 Å². The molecule has 1 amide bonds. The Kier molecular flexibility index (Phi) is 4.86. The minimum atomic E-state index is -0.103. The molecule has 2 rings (SSSR count). The monoisotopic (exact) mass is 302 g/mol. The third-order valence-corrected chi connectivity index (χ3v) is 3.54. The van der Waals surface area contributed by atoms with Gasteiger partial charge < -0.3 is 10.6 Å². The second-order valence-electron chi connectivity index (χ2n) is 5.24. The van der Waals surface area contributed by atoms with Crippen LogP contribution >= 0.6 is 11.6 Å². The number of nitrogens with one attached hydrogen (secondary N) is 2. The Labute approximate surface area is 130 Å². The zero-order chi connectivity index (χ0) is 15.4. The molecule has 0 aromatic heterocycles. The van der Waals surface area contributed by atoms with Crippen LogP contribution in [0.5, 0.6) is 0 Å². The number of carbonyl (C=O) groups is 1. The minimum Gasteiger partial charge on any atom is -0.376 e.